The average molecular weight is 394 g/mol. The first-order chi connectivity index (χ1) is 11.6. The molecule has 2 aliphatic rings. The maximum atomic E-state index is 11.8. The van der Waals surface area contributed by atoms with Crippen LogP contribution in [0.1, 0.15) is 1.43 Å². The summed E-state index contributed by atoms with van der Waals surface area (Å²) in [5, 5.41) is 75.4. The first-order valence-corrected chi connectivity index (χ1v) is 7.07. The Morgan fingerprint density at radius 2 is 0.923 bits per heavy atom. The van der Waals surface area contributed by atoms with Gasteiger partial charge in [0.15, 0.2) is 24.8 Å². The van der Waals surface area contributed by atoms with Gasteiger partial charge in [0.1, 0.15) is 36.6 Å². The van der Waals surface area contributed by atoms with Crippen LogP contribution in [-0.2, 0) is 23.8 Å². The summed E-state index contributed by atoms with van der Waals surface area (Å²) in [5.41, 5.74) is 0. The average Bonchev–Trinajstić information content (AvgIpc) is 2.57. The number of carbonyl (C=O) groups is 2. The third-order valence-electron chi connectivity index (χ3n) is 3.84. The predicted octanol–water partition coefficient (Wildman–Crippen LogP) is -9.23. The Kier molecular flexibility index (Phi) is 8.50. The van der Waals surface area contributed by atoms with E-state index in [0.29, 0.717) is 0 Å². The molecule has 14 heteroatoms. The maximum Gasteiger partial charge on any atom is 1.00 e. The number of aliphatic hydroxyl groups excluding tert-OH is 8. The van der Waals surface area contributed by atoms with Gasteiger partial charge < -0.3 is 56.5 Å². The van der Waals surface area contributed by atoms with E-state index in [1.165, 1.54) is 0 Å². The second-order valence-corrected chi connectivity index (χ2v) is 5.58. The Morgan fingerprint density at radius 1 is 0.615 bits per heavy atom. The Labute approximate surface area is 169 Å². The van der Waals surface area contributed by atoms with Crippen molar-refractivity contribution in [3.63, 3.8) is 0 Å². The number of hydrogen-bond acceptors (Lipinski definition) is 13. The zero-order valence-corrected chi connectivity index (χ0v) is 15.4. The van der Waals surface area contributed by atoms with Crippen LogP contribution in [0, 0.1) is 0 Å². The van der Waals surface area contributed by atoms with Crippen molar-refractivity contribution in [2.45, 2.75) is 61.4 Å². The molecule has 8 N–H and O–H groups in total. The van der Waals surface area contributed by atoms with Crippen LogP contribution >= 0.6 is 0 Å². The van der Waals surface area contributed by atoms with Crippen LogP contribution in [0.3, 0.4) is 0 Å². The van der Waals surface area contributed by atoms with Crippen LogP contribution < -0.4 is 29.6 Å². The van der Waals surface area contributed by atoms with Gasteiger partial charge in [0.25, 0.3) is 0 Å². The van der Waals surface area contributed by atoms with Crippen molar-refractivity contribution in [3.8, 4) is 0 Å². The SMILES string of the molecule is O=C(OC(=O)[C@H]1O[C@@H](O)[C@H](O)[C@@H](O)[C@@H]1O)[C@H]1O[C@@H](O)[C@H](O)[C@@H](O)[C@@H]1O.[H-].[Na+]. The summed E-state index contributed by atoms with van der Waals surface area (Å²) >= 11 is 0. The molecule has 0 aromatic heterocycles. The molecule has 0 bridgehead atoms. The summed E-state index contributed by atoms with van der Waals surface area (Å²) in [6.07, 6.45) is -20.1. The number of esters is 2. The molecular weight excluding hydrogens is 375 g/mol. The fourth-order valence-electron chi connectivity index (χ4n) is 2.33. The molecule has 2 heterocycles. The van der Waals surface area contributed by atoms with Crippen LogP contribution in [0.2, 0.25) is 0 Å². The van der Waals surface area contributed by atoms with Crippen molar-refractivity contribution in [1.82, 2.24) is 0 Å². The van der Waals surface area contributed by atoms with Gasteiger partial charge >= 0.3 is 41.5 Å². The van der Waals surface area contributed by atoms with E-state index in [-0.39, 0.29) is 31.0 Å². The molecule has 0 amide bonds. The topological polar surface area (TPSA) is 224 Å². The van der Waals surface area contributed by atoms with E-state index in [4.69, 9.17) is 0 Å². The van der Waals surface area contributed by atoms with Gasteiger partial charge in [-0.25, -0.2) is 9.59 Å². The minimum atomic E-state index is -2.06. The van der Waals surface area contributed by atoms with Gasteiger partial charge in [-0.15, -0.1) is 0 Å². The molecular formula is C12H19NaO13. The molecule has 0 aromatic carbocycles. The second-order valence-electron chi connectivity index (χ2n) is 5.58. The van der Waals surface area contributed by atoms with Crippen LogP contribution in [0.25, 0.3) is 0 Å². The van der Waals surface area contributed by atoms with Gasteiger partial charge in [0.05, 0.1) is 0 Å². The third-order valence-corrected chi connectivity index (χ3v) is 3.84. The largest absolute Gasteiger partial charge is 1.00 e. The first-order valence-electron chi connectivity index (χ1n) is 7.07. The Bertz CT molecular complexity index is 480. The first kappa shape index (κ1) is 23.8. The molecule has 0 spiro atoms. The number of ether oxygens (including phenoxy) is 3. The number of aliphatic hydroxyl groups is 8. The van der Waals surface area contributed by atoms with Gasteiger partial charge in [-0.2, -0.15) is 0 Å². The van der Waals surface area contributed by atoms with Gasteiger partial charge in [-0.1, -0.05) is 0 Å². The summed E-state index contributed by atoms with van der Waals surface area (Å²) in [4.78, 5) is 23.7. The van der Waals surface area contributed by atoms with Gasteiger partial charge in [0.2, 0.25) is 0 Å². The molecule has 2 saturated heterocycles. The Hall–Kier alpha value is -0.260. The molecule has 0 unspecified atom stereocenters. The molecule has 0 aromatic rings. The van der Waals surface area contributed by atoms with E-state index in [1.54, 1.807) is 0 Å². The summed E-state index contributed by atoms with van der Waals surface area (Å²) in [6, 6.07) is 0. The van der Waals surface area contributed by atoms with E-state index in [0.717, 1.165) is 0 Å². The fourth-order valence-corrected chi connectivity index (χ4v) is 2.33. The molecule has 0 radical (unpaired) electrons. The fraction of sp³-hybridized carbons (Fsp3) is 0.833. The van der Waals surface area contributed by atoms with Gasteiger partial charge in [-0.05, 0) is 0 Å². The molecule has 26 heavy (non-hydrogen) atoms. The number of rotatable bonds is 2. The van der Waals surface area contributed by atoms with Crippen LogP contribution in [0.4, 0.5) is 0 Å². The van der Waals surface area contributed by atoms with Crippen molar-refractivity contribution < 1.29 is 95.6 Å². The smallest absolute Gasteiger partial charge is 1.00 e. The summed E-state index contributed by atoms with van der Waals surface area (Å²) < 4.78 is 13.4. The third kappa shape index (κ3) is 4.59. The molecule has 146 valence electrons. The Morgan fingerprint density at radius 3 is 1.23 bits per heavy atom. The van der Waals surface area contributed by atoms with Crippen LogP contribution in [0.5, 0.6) is 0 Å². The van der Waals surface area contributed by atoms with Crippen molar-refractivity contribution in [3.05, 3.63) is 0 Å². The van der Waals surface area contributed by atoms with Crippen molar-refractivity contribution in [1.29, 1.82) is 0 Å². The van der Waals surface area contributed by atoms with E-state index in [2.05, 4.69) is 14.2 Å². The summed E-state index contributed by atoms with van der Waals surface area (Å²) in [6.45, 7) is 0. The van der Waals surface area contributed by atoms with Gasteiger partial charge in [0, 0.05) is 0 Å². The number of carbonyl (C=O) groups excluding carboxylic acids is 2. The zero-order valence-electron chi connectivity index (χ0n) is 14.4. The molecule has 2 aliphatic heterocycles. The van der Waals surface area contributed by atoms with Crippen molar-refractivity contribution in [2.24, 2.45) is 0 Å². The van der Waals surface area contributed by atoms with E-state index < -0.39 is 73.4 Å². The quantitative estimate of drug-likeness (QED) is 0.124. The zero-order chi connectivity index (χ0) is 19.0. The van der Waals surface area contributed by atoms with Crippen LogP contribution in [-0.4, -0.2) is 114 Å². The van der Waals surface area contributed by atoms with E-state index in [9.17, 15) is 50.4 Å². The molecule has 0 aliphatic carbocycles. The molecule has 2 fully saturated rings. The molecule has 2 rings (SSSR count). The van der Waals surface area contributed by atoms with E-state index >= 15 is 0 Å². The van der Waals surface area contributed by atoms with Crippen molar-refractivity contribution in [2.75, 3.05) is 0 Å². The molecule has 10 atom stereocenters. The minimum Gasteiger partial charge on any atom is -1.00 e. The maximum absolute atomic E-state index is 11.8. The van der Waals surface area contributed by atoms with Crippen LogP contribution in [0.15, 0.2) is 0 Å². The number of hydrogen-bond donors (Lipinski definition) is 8. The molecule has 13 nitrogen and oxygen atoms in total. The standard InChI is InChI=1S/C12H18O13.Na.H/c13-1-3(15)7(23-9(19)5(1)17)11(21)25-12(22)8-4(16)2(14)6(18)10(20)24-8;;/h1-10,13-20H;;/q;+1;-1/t1-,2-,3-,4-,5+,6+,7-,8-,9+,10+;;/m0../s1. The summed E-state index contributed by atoms with van der Waals surface area (Å²) in [5.74, 6) is -3.21. The Balaban J connectivity index is 0.00000338. The summed E-state index contributed by atoms with van der Waals surface area (Å²) in [7, 11) is 0. The second kappa shape index (κ2) is 9.29. The predicted molar refractivity (Wildman–Crippen MR) is 70.0 cm³/mol. The minimum absolute atomic E-state index is 0. The van der Waals surface area contributed by atoms with Gasteiger partial charge in [-0.3, -0.25) is 0 Å². The monoisotopic (exact) mass is 394 g/mol. The van der Waals surface area contributed by atoms with Crippen molar-refractivity contribution >= 4 is 11.9 Å². The van der Waals surface area contributed by atoms with E-state index in [1.807, 2.05) is 0 Å². The normalized spacial score (nSPS) is 46.2. The molecule has 0 saturated carbocycles.